The van der Waals surface area contributed by atoms with Crippen LogP contribution in [0.2, 0.25) is 6.04 Å². The van der Waals surface area contributed by atoms with E-state index in [2.05, 4.69) is 33.8 Å². The van der Waals surface area contributed by atoms with Crippen LogP contribution < -0.4 is 0 Å². The average Bonchev–Trinajstić information content (AvgIpc) is 2.58. The van der Waals surface area contributed by atoms with E-state index in [4.69, 9.17) is 13.3 Å². The smallest absolute Gasteiger partial charge is 0.374 e. The molecule has 0 fully saturated rings. The highest BCUT2D eigenvalue weighted by Gasteiger charge is 2.40. The zero-order valence-corrected chi connectivity index (χ0v) is 21.0. The van der Waals surface area contributed by atoms with E-state index in [0.717, 1.165) is 31.1 Å². The van der Waals surface area contributed by atoms with E-state index in [1.807, 2.05) is 32.5 Å². The minimum absolute atomic E-state index is 0.0813. The van der Waals surface area contributed by atoms with Gasteiger partial charge in [0.25, 0.3) is 0 Å². The van der Waals surface area contributed by atoms with Gasteiger partial charge in [-0.3, -0.25) is 4.79 Å². The van der Waals surface area contributed by atoms with Crippen LogP contribution in [0.1, 0.15) is 74.1 Å². The Morgan fingerprint density at radius 3 is 2.29 bits per heavy atom. The third kappa shape index (κ3) is 7.94. The van der Waals surface area contributed by atoms with Gasteiger partial charge in [0.05, 0.1) is 0 Å². The summed E-state index contributed by atoms with van der Waals surface area (Å²) < 4.78 is 17.8. The fourth-order valence-corrected chi connectivity index (χ4v) is 8.14. The number of rotatable bonds is 14. The van der Waals surface area contributed by atoms with Crippen LogP contribution in [0.3, 0.4) is 0 Å². The minimum Gasteiger partial charge on any atom is -0.374 e. The summed E-state index contributed by atoms with van der Waals surface area (Å²) in [4.78, 5) is 13.0. The van der Waals surface area contributed by atoms with Crippen LogP contribution in [-0.4, -0.2) is 45.4 Å². The fraction of sp³-hybridized carbons (Fsp3) is 0.864. The summed E-state index contributed by atoms with van der Waals surface area (Å²) in [6.45, 7) is 16.6. The van der Waals surface area contributed by atoms with Crippen molar-refractivity contribution in [2.24, 2.45) is 11.3 Å². The van der Waals surface area contributed by atoms with Gasteiger partial charge in [-0.05, 0) is 58.1 Å². The fourth-order valence-electron chi connectivity index (χ4n) is 4.27. The Balaban J connectivity index is 2.49. The molecular weight excluding hydrogens is 388 g/mol. The summed E-state index contributed by atoms with van der Waals surface area (Å²) in [5.74, 6) is 1.48. The summed E-state index contributed by atoms with van der Waals surface area (Å²) >= 11 is 1.88. The maximum atomic E-state index is 13.0. The Morgan fingerprint density at radius 2 is 1.79 bits per heavy atom. The number of carbonyl (C=O) groups excluding carboxylic acids is 1. The standard InChI is InChI=1S/C22H42O4SSi/c1-8-24-28(25-9-2,26-10-3)16-12-15-27-19(5)17-20(23)21-18(4)13-11-14-22(21,6)7/h13,19,21H,8-12,14-17H2,1-7H3. The Labute approximate surface area is 178 Å². The first-order valence-electron chi connectivity index (χ1n) is 10.9. The maximum absolute atomic E-state index is 13.0. The molecule has 1 aliphatic carbocycles. The van der Waals surface area contributed by atoms with E-state index in [1.165, 1.54) is 5.57 Å². The molecule has 0 aromatic heterocycles. The summed E-state index contributed by atoms with van der Waals surface area (Å²) in [6.07, 6.45) is 6.09. The molecule has 4 nitrogen and oxygen atoms in total. The lowest BCUT2D eigenvalue weighted by Gasteiger charge is -2.37. The summed E-state index contributed by atoms with van der Waals surface area (Å²) in [6, 6.07) is 0.841. The molecule has 0 aliphatic heterocycles. The van der Waals surface area contributed by atoms with Gasteiger partial charge in [0.1, 0.15) is 5.78 Å². The van der Waals surface area contributed by atoms with Crippen LogP contribution in [0.25, 0.3) is 0 Å². The van der Waals surface area contributed by atoms with Crippen molar-refractivity contribution in [3.63, 3.8) is 0 Å². The molecule has 0 saturated carbocycles. The molecule has 0 aromatic carbocycles. The number of thioether (sulfide) groups is 1. The summed E-state index contributed by atoms with van der Waals surface area (Å²) in [5, 5.41) is 0.334. The number of allylic oxidation sites excluding steroid dienone is 2. The number of ketones is 1. The molecule has 0 amide bonds. The quantitative estimate of drug-likeness (QED) is 0.195. The van der Waals surface area contributed by atoms with E-state index in [9.17, 15) is 4.79 Å². The molecule has 0 spiro atoms. The van der Waals surface area contributed by atoms with Gasteiger partial charge in [-0.15, -0.1) is 0 Å². The molecule has 0 bridgehead atoms. The number of carbonyl (C=O) groups is 1. The van der Waals surface area contributed by atoms with E-state index in [-0.39, 0.29) is 11.3 Å². The van der Waals surface area contributed by atoms with Gasteiger partial charge >= 0.3 is 8.80 Å². The second-order valence-electron chi connectivity index (χ2n) is 8.35. The lowest BCUT2D eigenvalue weighted by Crippen LogP contribution is -2.46. The number of Topliss-reactive ketones (excluding diaryl/α,β-unsaturated/α-hetero) is 1. The monoisotopic (exact) mass is 430 g/mol. The highest BCUT2D eigenvalue weighted by molar-refractivity contribution is 7.99. The van der Waals surface area contributed by atoms with Gasteiger partial charge < -0.3 is 13.3 Å². The molecule has 1 rings (SSSR count). The Morgan fingerprint density at radius 1 is 1.21 bits per heavy atom. The highest BCUT2D eigenvalue weighted by Crippen LogP contribution is 2.42. The Bertz CT molecular complexity index is 490. The molecule has 0 radical (unpaired) electrons. The van der Waals surface area contributed by atoms with Crippen molar-refractivity contribution >= 4 is 26.3 Å². The Hall–Kier alpha value is -0.143. The average molecular weight is 431 g/mol. The van der Waals surface area contributed by atoms with Crippen LogP contribution >= 0.6 is 11.8 Å². The normalized spacial score (nSPS) is 20.7. The second kappa shape index (κ2) is 12.5. The Kier molecular flexibility index (Phi) is 11.6. The molecule has 1 aliphatic rings. The molecule has 0 saturated heterocycles. The predicted octanol–water partition coefficient (Wildman–Crippen LogP) is 5.89. The van der Waals surface area contributed by atoms with Crippen molar-refractivity contribution in [1.29, 1.82) is 0 Å². The summed E-state index contributed by atoms with van der Waals surface area (Å²) in [5.41, 5.74) is 1.34. The van der Waals surface area contributed by atoms with Crippen molar-refractivity contribution < 1.29 is 18.1 Å². The van der Waals surface area contributed by atoms with Crippen LogP contribution in [0.4, 0.5) is 0 Å². The molecule has 164 valence electrons. The number of hydrogen-bond acceptors (Lipinski definition) is 5. The molecule has 2 unspecified atom stereocenters. The predicted molar refractivity (Wildman–Crippen MR) is 122 cm³/mol. The van der Waals surface area contributed by atoms with E-state index in [1.54, 1.807) is 0 Å². The third-order valence-electron chi connectivity index (χ3n) is 5.42. The van der Waals surface area contributed by atoms with Gasteiger partial charge in [0.2, 0.25) is 0 Å². The first kappa shape index (κ1) is 25.9. The largest absolute Gasteiger partial charge is 0.500 e. The van der Waals surface area contributed by atoms with Gasteiger partial charge in [-0.25, -0.2) is 0 Å². The van der Waals surface area contributed by atoms with Gasteiger partial charge in [-0.1, -0.05) is 32.4 Å². The second-order valence-corrected chi connectivity index (χ2v) is 12.6. The molecule has 0 heterocycles. The molecular formula is C22H42O4SSi. The minimum atomic E-state index is -2.54. The first-order chi connectivity index (χ1) is 13.2. The molecule has 0 aromatic rings. The zero-order chi connectivity index (χ0) is 21.2. The third-order valence-corrected chi connectivity index (χ3v) is 9.84. The van der Waals surface area contributed by atoms with Crippen LogP contribution in [0.5, 0.6) is 0 Å². The molecule has 2 atom stereocenters. The van der Waals surface area contributed by atoms with Crippen molar-refractivity contribution in [3.05, 3.63) is 11.6 Å². The van der Waals surface area contributed by atoms with Gasteiger partial charge in [-0.2, -0.15) is 11.8 Å². The van der Waals surface area contributed by atoms with Crippen molar-refractivity contribution in [2.75, 3.05) is 25.6 Å². The van der Waals surface area contributed by atoms with Crippen LogP contribution in [-0.2, 0) is 18.1 Å². The lowest BCUT2D eigenvalue weighted by molar-refractivity contribution is -0.125. The molecule has 28 heavy (non-hydrogen) atoms. The lowest BCUT2D eigenvalue weighted by atomic mass is 9.66. The van der Waals surface area contributed by atoms with Gasteiger partial charge in [0.15, 0.2) is 0 Å². The van der Waals surface area contributed by atoms with Crippen molar-refractivity contribution in [1.82, 2.24) is 0 Å². The van der Waals surface area contributed by atoms with Gasteiger partial charge in [0, 0.05) is 43.5 Å². The highest BCUT2D eigenvalue weighted by atomic mass is 32.2. The number of hydrogen-bond donors (Lipinski definition) is 0. The van der Waals surface area contributed by atoms with E-state index < -0.39 is 8.80 Å². The SMILES string of the molecule is CCO[Si](CCCSC(C)CC(=O)C1C(C)=CCCC1(C)C)(OCC)OCC. The van der Waals surface area contributed by atoms with Crippen LogP contribution in [0.15, 0.2) is 11.6 Å². The maximum Gasteiger partial charge on any atom is 0.500 e. The first-order valence-corrected chi connectivity index (χ1v) is 13.9. The van der Waals surface area contributed by atoms with Crippen molar-refractivity contribution in [3.8, 4) is 0 Å². The van der Waals surface area contributed by atoms with E-state index >= 15 is 0 Å². The topological polar surface area (TPSA) is 44.8 Å². The van der Waals surface area contributed by atoms with Crippen LogP contribution in [0, 0.1) is 11.3 Å². The molecule has 0 N–H and O–H groups in total. The zero-order valence-electron chi connectivity index (χ0n) is 19.1. The molecule has 6 heteroatoms. The summed E-state index contributed by atoms with van der Waals surface area (Å²) in [7, 11) is -2.54. The van der Waals surface area contributed by atoms with E-state index in [0.29, 0.717) is 37.3 Å². The van der Waals surface area contributed by atoms with Crippen molar-refractivity contribution in [2.45, 2.75) is 85.4 Å².